The van der Waals surface area contributed by atoms with Crippen LogP contribution in [0.2, 0.25) is 0 Å². The molecule has 0 aromatic carbocycles. The summed E-state index contributed by atoms with van der Waals surface area (Å²) in [6, 6.07) is 1.94. The molecular formula is C16H23N5O2. The summed E-state index contributed by atoms with van der Waals surface area (Å²) in [7, 11) is 0. The zero-order chi connectivity index (χ0) is 16.4. The molecule has 3 heterocycles. The van der Waals surface area contributed by atoms with Crippen molar-refractivity contribution in [1.82, 2.24) is 20.1 Å². The van der Waals surface area contributed by atoms with Crippen LogP contribution in [-0.2, 0) is 9.59 Å². The van der Waals surface area contributed by atoms with Crippen LogP contribution in [-0.4, -0.2) is 56.8 Å². The van der Waals surface area contributed by atoms with Gasteiger partial charge in [0.15, 0.2) is 0 Å². The third kappa shape index (κ3) is 3.28. The monoisotopic (exact) mass is 317 g/mol. The molecule has 0 radical (unpaired) electrons. The Labute approximate surface area is 135 Å². The van der Waals surface area contributed by atoms with Gasteiger partial charge in [-0.15, -0.1) is 0 Å². The van der Waals surface area contributed by atoms with Crippen molar-refractivity contribution in [2.75, 3.05) is 13.1 Å². The molecule has 2 aliphatic heterocycles. The van der Waals surface area contributed by atoms with Crippen LogP contribution < -0.4 is 0 Å². The first-order valence-electron chi connectivity index (χ1n) is 8.24. The minimum absolute atomic E-state index is 0.00877. The predicted molar refractivity (Wildman–Crippen MR) is 85.8 cm³/mol. The quantitative estimate of drug-likeness (QED) is 0.917. The predicted octanol–water partition coefficient (Wildman–Crippen LogP) is 1.50. The van der Waals surface area contributed by atoms with Crippen LogP contribution in [0, 0.1) is 0 Å². The van der Waals surface area contributed by atoms with Crippen LogP contribution in [0.15, 0.2) is 17.4 Å². The topological polar surface area (TPSA) is 81.7 Å². The van der Waals surface area contributed by atoms with E-state index < -0.39 is 0 Å². The summed E-state index contributed by atoms with van der Waals surface area (Å²) in [5, 5.41) is 12.8. The number of carbonyl (C=O) groups is 2. The second-order valence-corrected chi connectivity index (χ2v) is 6.48. The number of likely N-dealkylation sites (tertiary alicyclic amines) is 1. The highest BCUT2D eigenvalue weighted by atomic mass is 16.2. The van der Waals surface area contributed by atoms with E-state index in [1.165, 1.54) is 5.01 Å². The Balaban J connectivity index is 1.72. The molecule has 2 amide bonds. The highest BCUT2D eigenvalue weighted by molar-refractivity contribution is 6.39. The molecule has 7 heteroatoms. The van der Waals surface area contributed by atoms with Crippen molar-refractivity contribution in [2.24, 2.45) is 5.10 Å². The van der Waals surface area contributed by atoms with E-state index in [0.29, 0.717) is 31.0 Å². The fourth-order valence-electron chi connectivity index (χ4n) is 3.22. The Hall–Kier alpha value is -2.18. The second kappa shape index (κ2) is 6.52. The van der Waals surface area contributed by atoms with Gasteiger partial charge in [0.25, 0.3) is 5.91 Å². The van der Waals surface area contributed by atoms with Gasteiger partial charge in [0.1, 0.15) is 5.71 Å². The maximum Gasteiger partial charge on any atom is 0.270 e. The highest BCUT2D eigenvalue weighted by Gasteiger charge is 2.31. The van der Waals surface area contributed by atoms with Gasteiger partial charge in [0, 0.05) is 49.8 Å². The summed E-state index contributed by atoms with van der Waals surface area (Å²) < 4.78 is 0. The molecule has 1 fully saturated rings. The van der Waals surface area contributed by atoms with E-state index in [1.54, 1.807) is 6.20 Å². The minimum Gasteiger partial charge on any atom is -0.337 e. The number of rotatable bonds is 3. The molecule has 23 heavy (non-hydrogen) atoms. The van der Waals surface area contributed by atoms with Gasteiger partial charge in [-0.05, 0) is 32.8 Å². The first-order chi connectivity index (χ1) is 11.1. The van der Waals surface area contributed by atoms with E-state index in [9.17, 15) is 9.59 Å². The normalized spacial score (nSPS) is 22.5. The van der Waals surface area contributed by atoms with Crippen LogP contribution in [0.3, 0.4) is 0 Å². The molecule has 2 aliphatic rings. The summed E-state index contributed by atoms with van der Waals surface area (Å²) in [5.41, 5.74) is 1.58. The zero-order valence-electron chi connectivity index (χ0n) is 13.7. The standard InChI is InChI=1S/C16H23N5O2/c1-11(2)21-15(22)6-5-14(19-21)16(23)20-9-3-4-12(10-20)13-7-8-17-18-13/h7-8,11-12H,3-6,9-10H2,1-2H3,(H,17,18). The molecule has 1 N–H and O–H groups in total. The van der Waals surface area contributed by atoms with Gasteiger partial charge < -0.3 is 4.90 Å². The van der Waals surface area contributed by atoms with E-state index in [0.717, 1.165) is 25.1 Å². The number of amides is 2. The highest BCUT2D eigenvalue weighted by Crippen LogP contribution is 2.26. The lowest BCUT2D eigenvalue weighted by molar-refractivity contribution is -0.133. The Morgan fingerprint density at radius 2 is 2.22 bits per heavy atom. The number of H-pyrrole nitrogens is 1. The number of piperidine rings is 1. The number of nitrogens with zero attached hydrogens (tertiary/aromatic N) is 4. The van der Waals surface area contributed by atoms with E-state index in [1.807, 2.05) is 24.8 Å². The van der Waals surface area contributed by atoms with Crippen molar-refractivity contribution in [3.8, 4) is 0 Å². The van der Waals surface area contributed by atoms with Crippen molar-refractivity contribution in [3.05, 3.63) is 18.0 Å². The van der Waals surface area contributed by atoms with Gasteiger partial charge in [0.2, 0.25) is 5.91 Å². The molecule has 1 unspecified atom stereocenters. The molecule has 0 bridgehead atoms. The van der Waals surface area contributed by atoms with E-state index in [4.69, 9.17) is 0 Å². The van der Waals surface area contributed by atoms with Crippen LogP contribution in [0.25, 0.3) is 0 Å². The van der Waals surface area contributed by atoms with Gasteiger partial charge in [-0.1, -0.05) is 0 Å². The molecule has 1 atom stereocenters. The Bertz CT molecular complexity index is 608. The molecule has 0 aliphatic carbocycles. The van der Waals surface area contributed by atoms with Gasteiger partial charge in [-0.3, -0.25) is 14.7 Å². The second-order valence-electron chi connectivity index (χ2n) is 6.48. The van der Waals surface area contributed by atoms with Crippen molar-refractivity contribution in [3.63, 3.8) is 0 Å². The fourth-order valence-corrected chi connectivity index (χ4v) is 3.22. The Morgan fingerprint density at radius 1 is 1.39 bits per heavy atom. The lowest BCUT2D eigenvalue weighted by atomic mass is 9.94. The SMILES string of the molecule is CC(C)N1N=C(C(=O)N2CCCC(c3ccn[nH]3)C2)CCC1=O. The lowest BCUT2D eigenvalue weighted by Gasteiger charge is -2.34. The zero-order valence-corrected chi connectivity index (χ0v) is 13.7. The molecule has 0 spiro atoms. The molecule has 1 aromatic heterocycles. The lowest BCUT2D eigenvalue weighted by Crippen LogP contribution is -2.46. The van der Waals surface area contributed by atoms with Crippen LogP contribution >= 0.6 is 0 Å². The van der Waals surface area contributed by atoms with E-state index in [2.05, 4.69) is 15.3 Å². The van der Waals surface area contributed by atoms with Gasteiger partial charge in [-0.25, -0.2) is 5.01 Å². The summed E-state index contributed by atoms with van der Waals surface area (Å²) in [6.45, 7) is 5.24. The molecule has 1 aromatic rings. The molecule has 3 rings (SSSR count). The number of hydrogen-bond acceptors (Lipinski definition) is 4. The van der Waals surface area contributed by atoms with Gasteiger partial charge in [-0.2, -0.15) is 10.2 Å². The Kier molecular flexibility index (Phi) is 4.45. The molecule has 7 nitrogen and oxygen atoms in total. The Morgan fingerprint density at radius 3 is 2.91 bits per heavy atom. The first kappa shape index (κ1) is 15.7. The van der Waals surface area contributed by atoms with Crippen molar-refractivity contribution < 1.29 is 9.59 Å². The number of hydrazone groups is 1. The largest absolute Gasteiger partial charge is 0.337 e. The van der Waals surface area contributed by atoms with Gasteiger partial charge >= 0.3 is 0 Å². The van der Waals surface area contributed by atoms with Crippen molar-refractivity contribution in [2.45, 2.75) is 51.5 Å². The number of nitrogens with one attached hydrogen (secondary N) is 1. The third-order valence-corrected chi connectivity index (χ3v) is 4.47. The van der Waals surface area contributed by atoms with Crippen molar-refractivity contribution in [1.29, 1.82) is 0 Å². The molecule has 0 saturated carbocycles. The molecular weight excluding hydrogens is 294 g/mol. The van der Waals surface area contributed by atoms with Crippen LogP contribution in [0.5, 0.6) is 0 Å². The number of aromatic amines is 1. The average Bonchev–Trinajstić information content (AvgIpc) is 3.09. The summed E-state index contributed by atoms with van der Waals surface area (Å²) >= 11 is 0. The smallest absolute Gasteiger partial charge is 0.270 e. The molecule has 1 saturated heterocycles. The fraction of sp³-hybridized carbons (Fsp3) is 0.625. The maximum absolute atomic E-state index is 12.8. The van der Waals surface area contributed by atoms with Crippen LogP contribution in [0.1, 0.15) is 51.1 Å². The van der Waals surface area contributed by atoms with Gasteiger partial charge in [0.05, 0.1) is 0 Å². The first-order valence-corrected chi connectivity index (χ1v) is 8.24. The van der Waals surface area contributed by atoms with E-state index >= 15 is 0 Å². The summed E-state index contributed by atoms with van der Waals surface area (Å²) in [4.78, 5) is 26.5. The number of aromatic nitrogens is 2. The molecule has 124 valence electrons. The van der Waals surface area contributed by atoms with Crippen LogP contribution in [0.4, 0.5) is 0 Å². The third-order valence-electron chi connectivity index (χ3n) is 4.47. The maximum atomic E-state index is 12.8. The van der Waals surface area contributed by atoms with E-state index in [-0.39, 0.29) is 17.9 Å². The summed E-state index contributed by atoms with van der Waals surface area (Å²) in [5.74, 6) is 0.250. The number of hydrogen-bond donors (Lipinski definition) is 1. The minimum atomic E-state index is -0.0348. The average molecular weight is 317 g/mol. The summed E-state index contributed by atoms with van der Waals surface area (Å²) in [6.07, 6.45) is 4.56. The van der Waals surface area contributed by atoms with Crippen molar-refractivity contribution >= 4 is 17.5 Å². The number of carbonyl (C=O) groups excluding carboxylic acids is 2.